The van der Waals surface area contributed by atoms with Gasteiger partial charge in [-0.1, -0.05) is 30.3 Å². The number of ether oxygens (including phenoxy) is 1. The molecule has 1 saturated heterocycles. The van der Waals surface area contributed by atoms with E-state index in [1.54, 1.807) is 30.3 Å². The van der Waals surface area contributed by atoms with Gasteiger partial charge in [-0.05, 0) is 37.1 Å². The number of anilines is 1. The standard InChI is InChI=1S/C20H21NO5S2/c1-14-6-2-4-8-17(14)21-19(22)12-26-20(23)16-7-3-5-9-18(16)27-15-10-11-28(24,25)13-15/h2-9,15H,10-13H2,1H3,(H,21,22)/t15-/m0/s1. The first-order chi connectivity index (χ1) is 13.3. The number of sulfone groups is 1. The molecule has 1 aliphatic heterocycles. The predicted molar refractivity (Wildman–Crippen MR) is 109 cm³/mol. The van der Waals surface area contributed by atoms with Gasteiger partial charge in [0.2, 0.25) is 0 Å². The van der Waals surface area contributed by atoms with Gasteiger partial charge in [0.15, 0.2) is 16.4 Å². The van der Waals surface area contributed by atoms with E-state index in [0.29, 0.717) is 22.6 Å². The van der Waals surface area contributed by atoms with E-state index < -0.39 is 28.3 Å². The zero-order valence-electron chi connectivity index (χ0n) is 15.4. The van der Waals surface area contributed by atoms with E-state index in [1.807, 2.05) is 25.1 Å². The van der Waals surface area contributed by atoms with E-state index in [-0.39, 0.29) is 16.8 Å². The first-order valence-corrected chi connectivity index (χ1v) is 11.5. The van der Waals surface area contributed by atoms with Gasteiger partial charge >= 0.3 is 5.97 Å². The minimum Gasteiger partial charge on any atom is -0.452 e. The highest BCUT2D eigenvalue weighted by molar-refractivity contribution is 8.02. The van der Waals surface area contributed by atoms with Crippen LogP contribution in [0.25, 0.3) is 0 Å². The van der Waals surface area contributed by atoms with Crippen LogP contribution in [0.15, 0.2) is 53.4 Å². The molecule has 2 aromatic carbocycles. The SMILES string of the molecule is Cc1ccccc1NC(=O)COC(=O)c1ccccc1S[C@H]1CCS(=O)(=O)C1. The number of carbonyl (C=O) groups is 2. The second-order valence-electron chi connectivity index (χ2n) is 6.58. The number of nitrogens with one attached hydrogen (secondary N) is 1. The average Bonchev–Trinajstić information content (AvgIpc) is 3.00. The lowest BCUT2D eigenvalue weighted by Crippen LogP contribution is -2.21. The van der Waals surface area contributed by atoms with Crippen LogP contribution >= 0.6 is 11.8 Å². The molecule has 1 fully saturated rings. The lowest BCUT2D eigenvalue weighted by atomic mass is 10.2. The maximum Gasteiger partial charge on any atom is 0.339 e. The Morgan fingerprint density at radius 2 is 1.86 bits per heavy atom. The Morgan fingerprint density at radius 1 is 1.14 bits per heavy atom. The molecular formula is C20H21NO5S2. The molecule has 6 nitrogen and oxygen atoms in total. The lowest BCUT2D eigenvalue weighted by molar-refractivity contribution is -0.119. The van der Waals surface area contributed by atoms with Crippen LogP contribution in [-0.2, 0) is 19.4 Å². The third kappa shape index (κ3) is 5.36. The van der Waals surface area contributed by atoms with Crippen molar-refractivity contribution in [3.8, 4) is 0 Å². The van der Waals surface area contributed by atoms with Crippen LogP contribution in [-0.4, -0.2) is 43.7 Å². The number of amides is 1. The van der Waals surface area contributed by atoms with Gasteiger partial charge in [0.05, 0.1) is 17.1 Å². The summed E-state index contributed by atoms with van der Waals surface area (Å²) in [5.74, 6) is -0.741. The quantitative estimate of drug-likeness (QED) is 0.724. The molecular weight excluding hydrogens is 398 g/mol. The zero-order valence-corrected chi connectivity index (χ0v) is 17.0. The molecule has 3 rings (SSSR count). The van der Waals surface area contributed by atoms with Crippen molar-refractivity contribution in [3.63, 3.8) is 0 Å². The normalized spacial score (nSPS) is 17.8. The van der Waals surface area contributed by atoms with Crippen molar-refractivity contribution in [3.05, 3.63) is 59.7 Å². The third-order valence-electron chi connectivity index (χ3n) is 4.34. The van der Waals surface area contributed by atoms with Crippen LogP contribution in [0, 0.1) is 6.92 Å². The van der Waals surface area contributed by atoms with Gasteiger partial charge in [0.1, 0.15) is 0 Å². The Bertz CT molecular complexity index is 988. The number of thioether (sulfide) groups is 1. The Morgan fingerprint density at radius 3 is 2.57 bits per heavy atom. The first-order valence-electron chi connectivity index (χ1n) is 8.83. The van der Waals surface area contributed by atoms with Crippen LogP contribution in [0.2, 0.25) is 0 Å². The number of hydrogen-bond donors (Lipinski definition) is 1. The van der Waals surface area contributed by atoms with Crippen molar-refractivity contribution in [1.29, 1.82) is 0 Å². The first kappa shape index (κ1) is 20.4. The number of rotatable bonds is 6. The molecule has 1 amide bonds. The highest BCUT2D eigenvalue weighted by atomic mass is 32.2. The molecule has 0 aromatic heterocycles. The molecule has 2 aromatic rings. The summed E-state index contributed by atoms with van der Waals surface area (Å²) < 4.78 is 28.5. The summed E-state index contributed by atoms with van der Waals surface area (Å²) in [6, 6.07) is 14.2. The van der Waals surface area contributed by atoms with E-state index >= 15 is 0 Å². The fourth-order valence-electron chi connectivity index (χ4n) is 2.88. The van der Waals surface area contributed by atoms with E-state index in [9.17, 15) is 18.0 Å². The van der Waals surface area contributed by atoms with Crippen molar-refractivity contribution < 1.29 is 22.7 Å². The molecule has 1 aliphatic rings. The number of aryl methyl sites for hydroxylation is 1. The van der Waals surface area contributed by atoms with Gasteiger partial charge in [-0.25, -0.2) is 13.2 Å². The third-order valence-corrected chi connectivity index (χ3v) is 7.67. The fraction of sp³-hybridized carbons (Fsp3) is 0.300. The fourth-order valence-corrected chi connectivity index (χ4v) is 6.50. The van der Waals surface area contributed by atoms with E-state index in [1.165, 1.54) is 11.8 Å². The number of hydrogen-bond acceptors (Lipinski definition) is 6. The van der Waals surface area contributed by atoms with Crippen molar-refractivity contribution in [2.75, 3.05) is 23.4 Å². The molecule has 0 spiro atoms. The average molecular weight is 420 g/mol. The molecule has 1 atom stereocenters. The Hall–Kier alpha value is -2.32. The summed E-state index contributed by atoms with van der Waals surface area (Å²) in [5, 5.41) is 2.63. The predicted octanol–water partition coefficient (Wildman–Crippen LogP) is 3.07. The summed E-state index contributed by atoms with van der Waals surface area (Å²) in [6.07, 6.45) is 0.565. The Balaban J connectivity index is 1.60. The molecule has 148 valence electrons. The Labute approximate surface area is 168 Å². The smallest absolute Gasteiger partial charge is 0.339 e. The van der Waals surface area contributed by atoms with E-state index in [4.69, 9.17) is 4.74 Å². The van der Waals surface area contributed by atoms with Crippen molar-refractivity contribution in [2.24, 2.45) is 0 Å². The van der Waals surface area contributed by atoms with Crippen molar-refractivity contribution >= 4 is 39.2 Å². The topological polar surface area (TPSA) is 89.5 Å². The number of para-hydroxylation sites is 1. The zero-order chi connectivity index (χ0) is 20.1. The van der Waals surface area contributed by atoms with Gasteiger partial charge < -0.3 is 10.1 Å². The number of benzene rings is 2. The summed E-state index contributed by atoms with van der Waals surface area (Å²) in [4.78, 5) is 25.2. The minimum absolute atomic E-state index is 0.0803. The lowest BCUT2D eigenvalue weighted by Gasteiger charge is -2.12. The second-order valence-corrected chi connectivity index (χ2v) is 10.1. The van der Waals surface area contributed by atoms with E-state index in [2.05, 4.69) is 5.32 Å². The summed E-state index contributed by atoms with van der Waals surface area (Å²) >= 11 is 1.37. The highest BCUT2D eigenvalue weighted by Crippen LogP contribution is 2.33. The molecule has 0 unspecified atom stereocenters. The molecule has 0 saturated carbocycles. The minimum atomic E-state index is -2.99. The van der Waals surface area contributed by atoms with Gasteiger partial charge in [-0.15, -0.1) is 11.8 Å². The summed E-state index contributed by atoms with van der Waals surface area (Å²) in [6.45, 7) is 1.47. The maximum atomic E-state index is 12.5. The van der Waals surface area contributed by atoms with Crippen LogP contribution in [0.5, 0.6) is 0 Å². The van der Waals surface area contributed by atoms with Crippen LogP contribution in [0.1, 0.15) is 22.3 Å². The van der Waals surface area contributed by atoms with Gasteiger partial charge in [0.25, 0.3) is 5.91 Å². The molecule has 8 heteroatoms. The molecule has 0 radical (unpaired) electrons. The molecule has 1 N–H and O–H groups in total. The number of esters is 1. The molecule has 28 heavy (non-hydrogen) atoms. The van der Waals surface area contributed by atoms with Crippen LogP contribution in [0.3, 0.4) is 0 Å². The second kappa shape index (κ2) is 8.79. The van der Waals surface area contributed by atoms with Gasteiger partial charge in [-0.3, -0.25) is 4.79 Å². The highest BCUT2D eigenvalue weighted by Gasteiger charge is 2.29. The van der Waals surface area contributed by atoms with Gasteiger partial charge in [-0.2, -0.15) is 0 Å². The van der Waals surface area contributed by atoms with Crippen LogP contribution in [0.4, 0.5) is 5.69 Å². The number of carbonyl (C=O) groups excluding carboxylic acids is 2. The van der Waals surface area contributed by atoms with Crippen molar-refractivity contribution in [1.82, 2.24) is 0 Å². The largest absolute Gasteiger partial charge is 0.452 e. The van der Waals surface area contributed by atoms with Crippen molar-refractivity contribution in [2.45, 2.75) is 23.5 Å². The maximum absolute atomic E-state index is 12.5. The summed E-state index contributed by atoms with van der Waals surface area (Å²) in [5.41, 5.74) is 1.91. The molecule has 1 heterocycles. The van der Waals surface area contributed by atoms with Crippen LogP contribution < -0.4 is 5.32 Å². The van der Waals surface area contributed by atoms with Gasteiger partial charge in [0, 0.05) is 15.8 Å². The monoisotopic (exact) mass is 419 g/mol. The molecule has 0 aliphatic carbocycles. The van der Waals surface area contributed by atoms with E-state index in [0.717, 1.165) is 5.56 Å². The molecule has 0 bridgehead atoms. The summed E-state index contributed by atoms with van der Waals surface area (Å²) in [7, 11) is -2.99. The Kier molecular flexibility index (Phi) is 6.41.